The van der Waals surface area contributed by atoms with Crippen molar-refractivity contribution in [2.45, 2.75) is 44.2 Å². The predicted octanol–water partition coefficient (Wildman–Crippen LogP) is 3.58. The highest BCUT2D eigenvalue weighted by Crippen LogP contribution is 2.50. The van der Waals surface area contributed by atoms with E-state index in [9.17, 15) is 9.90 Å². The number of nitrogens with one attached hydrogen (secondary N) is 1. The molecule has 1 aromatic carbocycles. The Labute approximate surface area is 212 Å². The van der Waals surface area contributed by atoms with Crippen LogP contribution in [0.4, 0.5) is 4.79 Å². The number of aliphatic hydroxyl groups is 1. The van der Waals surface area contributed by atoms with Gasteiger partial charge in [-0.1, -0.05) is 13.0 Å². The largest absolute Gasteiger partial charge is 0.497 e. The van der Waals surface area contributed by atoms with Gasteiger partial charge in [-0.3, -0.25) is 9.88 Å². The summed E-state index contributed by atoms with van der Waals surface area (Å²) in [6.45, 7) is 5.92. The Balaban J connectivity index is 1.56. The van der Waals surface area contributed by atoms with Crippen LogP contribution in [0.15, 0.2) is 42.7 Å². The fraction of sp³-hybridized carbons (Fsp3) is 0.500. The van der Waals surface area contributed by atoms with Gasteiger partial charge in [0.15, 0.2) is 0 Å². The number of likely N-dealkylation sites (tertiary alicyclic amines) is 1. The summed E-state index contributed by atoms with van der Waals surface area (Å²) < 4.78 is 7.69. The molecule has 0 bridgehead atoms. The fourth-order valence-corrected chi connectivity index (χ4v) is 6.20. The predicted molar refractivity (Wildman–Crippen MR) is 140 cm³/mol. The minimum absolute atomic E-state index is 0.0958. The Morgan fingerprint density at radius 3 is 2.75 bits per heavy atom. The number of aryl methyl sites for hydroxylation is 1. The minimum atomic E-state index is -0.390. The van der Waals surface area contributed by atoms with Crippen LogP contribution in [0.1, 0.15) is 49.0 Å². The maximum absolute atomic E-state index is 13.4. The molecule has 8 heteroatoms. The third-order valence-electron chi connectivity index (χ3n) is 8.05. The molecule has 2 aliphatic rings. The van der Waals surface area contributed by atoms with Gasteiger partial charge < -0.3 is 24.6 Å². The van der Waals surface area contributed by atoms with Gasteiger partial charge in [0.1, 0.15) is 5.75 Å². The Kier molecular flexibility index (Phi) is 6.90. The molecule has 3 aromatic rings. The minimum Gasteiger partial charge on any atom is -0.497 e. The first-order valence-electron chi connectivity index (χ1n) is 12.9. The summed E-state index contributed by atoms with van der Waals surface area (Å²) in [5.41, 5.74) is 4.45. The van der Waals surface area contributed by atoms with E-state index in [2.05, 4.69) is 44.9 Å². The molecule has 8 nitrogen and oxygen atoms in total. The smallest absolute Gasteiger partial charge is 0.318 e. The summed E-state index contributed by atoms with van der Waals surface area (Å²) in [4.78, 5) is 22.0. The number of benzene rings is 1. The van der Waals surface area contributed by atoms with E-state index in [0.717, 1.165) is 55.9 Å². The molecule has 36 heavy (non-hydrogen) atoms. The van der Waals surface area contributed by atoms with Crippen LogP contribution in [-0.4, -0.2) is 70.4 Å². The molecule has 2 amide bonds. The van der Waals surface area contributed by atoms with Crippen LogP contribution in [0, 0.1) is 0 Å². The van der Waals surface area contributed by atoms with E-state index in [4.69, 9.17) is 4.74 Å². The lowest BCUT2D eigenvalue weighted by Crippen LogP contribution is -2.57. The van der Waals surface area contributed by atoms with Crippen LogP contribution in [0.5, 0.6) is 5.75 Å². The van der Waals surface area contributed by atoms with Crippen LogP contribution in [0.2, 0.25) is 0 Å². The number of ether oxygens (including phenoxy) is 1. The van der Waals surface area contributed by atoms with Crippen molar-refractivity contribution < 1.29 is 14.6 Å². The van der Waals surface area contributed by atoms with Crippen LogP contribution in [0.3, 0.4) is 0 Å². The zero-order chi connectivity index (χ0) is 25.3. The van der Waals surface area contributed by atoms with E-state index in [0.29, 0.717) is 13.1 Å². The number of urea groups is 1. The maximum Gasteiger partial charge on any atom is 0.318 e. The van der Waals surface area contributed by atoms with Crippen LogP contribution < -0.4 is 10.1 Å². The van der Waals surface area contributed by atoms with Gasteiger partial charge in [-0.05, 0) is 61.7 Å². The van der Waals surface area contributed by atoms with Gasteiger partial charge in [-0.25, -0.2) is 4.79 Å². The maximum atomic E-state index is 13.4. The number of pyridine rings is 1. The molecule has 1 atom stereocenters. The second kappa shape index (κ2) is 10.1. The Morgan fingerprint density at radius 2 is 2.08 bits per heavy atom. The van der Waals surface area contributed by atoms with E-state index >= 15 is 0 Å². The van der Waals surface area contributed by atoms with Crippen LogP contribution >= 0.6 is 0 Å². The standard InChI is InChI=1S/C28H37N5O3/c1-4-11-30-27(35)33-19-28(9-13-32(14-10-28)17-20-6-5-12-29-16-20)25-22-8-7-21(36-3)15-23(22)31(2)26(25)24(33)18-34/h5-8,12,15-16,24,34H,4,9-11,13-14,17-19H2,1-3H3,(H,30,35)/t24-/m0/s1. The average Bonchev–Trinajstić information content (AvgIpc) is 3.21. The van der Waals surface area contributed by atoms with Crippen LogP contribution in [-0.2, 0) is 19.0 Å². The summed E-state index contributed by atoms with van der Waals surface area (Å²) in [5.74, 6) is 0.805. The van der Waals surface area contributed by atoms with Crippen molar-refractivity contribution in [1.82, 2.24) is 24.7 Å². The van der Waals surface area contributed by atoms with Gasteiger partial charge in [0.25, 0.3) is 0 Å². The number of aromatic nitrogens is 2. The zero-order valence-electron chi connectivity index (χ0n) is 21.5. The molecule has 0 unspecified atom stereocenters. The molecule has 1 saturated heterocycles. The number of rotatable bonds is 6. The molecular weight excluding hydrogens is 454 g/mol. The highest BCUT2D eigenvalue weighted by atomic mass is 16.5. The second-order valence-electron chi connectivity index (χ2n) is 10.2. The zero-order valence-corrected chi connectivity index (χ0v) is 21.5. The average molecular weight is 492 g/mol. The normalized spacial score (nSPS) is 19.4. The van der Waals surface area contributed by atoms with Gasteiger partial charge in [-0.2, -0.15) is 0 Å². The van der Waals surface area contributed by atoms with Crippen molar-refractivity contribution in [3.05, 3.63) is 59.5 Å². The van der Waals surface area contributed by atoms with Gasteiger partial charge in [0, 0.05) is 61.6 Å². The van der Waals surface area contributed by atoms with Crippen molar-refractivity contribution in [2.24, 2.45) is 7.05 Å². The summed E-state index contributed by atoms with van der Waals surface area (Å²) in [7, 11) is 3.72. The molecule has 2 aliphatic heterocycles. The number of hydrogen-bond acceptors (Lipinski definition) is 5. The number of carbonyl (C=O) groups is 1. The molecule has 1 spiro atoms. The van der Waals surface area contributed by atoms with Crippen molar-refractivity contribution in [2.75, 3.05) is 39.9 Å². The number of hydrogen-bond donors (Lipinski definition) is 2. The fourth-order valence-electron chi connectivity index (χ4n) is 6.20. The summed E-state index contributed by atoms with van der Waals surface area (Å²) in [6.07, 6.45) is 6.51. The Bertz CT molecular complexity index is 1220. The molecule has 5 rings (SSSR count). The first kappa shape index (κ1) is 24.6. The quantitative estimate of drug-likeness (QED) is 0.551. The molecule has 1 fully saturated rings. The van der Waals surface area contributed by atoms with Crippen molar-refractivity contribution in [1.29, 1.82) is 0 Å². The first-order valence-corrected chi connectivity index (χ1v) is 12.9. The lowest BCUT2D eigenvalue weighted by molar-refractivity contribution is 0.0647. The molecule has 0 radical (unpaired) electrons. The molecule has 2 N–H and O–H groups in total. The molecule has 0 saturated carbocycles. The SMILES string of the molecule is CCCNC(=O)N1CC2(CCN(Cc3cccnc3)CC2)c2c(n(C)c3cc(OC)ccc23)[C@@H]1CO. The van der Waals surface area contributed by atoms with E-state index in [1.54, 1.807) is 7.11 Å². The summed E-state index contributed by atoms with van der Waals surface area (Å²) in [6, 6.07) is 9.86. The van der Waals surface area contributed by atoms with Crippen molar-refractivity contribution in [3.63, 3.8) is 0 Å². The van der Waals surface area contributed by atoms with Crippen molar-refractivity contribution in [3.8, 4) is 5.75 Å². The molecular formula is C28H37N5O3. The van der Waals surface area contributed by atoms with Gasteiger partial charge in [0.05, 0.1) is 25.3 Å². The van der Waals surface area contributed by atoms with E-state index in [1.165, 1.54) is 16.5 Å². The third kappa shape index (κ3) is 4.22. The first-order chi connectivity index (χ1) is 17.5. The van der Waals surface area contributed by atoms with Crippen LogP contribution in [0.25, 0.3) is 10.9 Å². The monoisotopic (exact) mass is 491 g/mol. The lowest BCUT2D eigenvalue weighted by atomic mass is 9.68. The number of carbonyl (C=O) groups excluding carboxylic acids is 1. The lowest BCUT2D eigenvalue weighted by Gasteiger charge is -2.50. The second-order valence-corrected chi connectivity index (χ2v) is 10.2. The summed E-state index contributed by atoms with van der Waals surface area (Å²) in [5, 5.41) is 14.8. The highest BCUT2D eigenvalue weighted by Gasteiger charge is 2.49. The van der Waals surface area contributed by atoms with Gasteiger partial charge >= 0.3 is 6.03 Å². The Morgan fingerprint density at radius 1 is 1.28 bits per heavy atom. The number of amides is 2. The van der Waals surface area contributed by atoms with E-state index in [-0.39, 0.29) is 24.1 Å². The third-order valence-corrected chi connectivity index (χ3v) is 8.05. The number of nitrogens with zero attached hydrogens (tertiary/aromatic N) is 4. The highest BCUT2D eigenvalue weighted by molar-refractivity contribution is 5.89. The molecule has 2 aromatic heterocycles. The van der Waals surface area contributed by atoms with Crippen molar-refractivity contribution >= 4 is 16.9 Å². The van der Waals surface area contributed by atoms with Gasteiger partial charge in [0.2, 0.25) is 0 Å². The molecule has 0 aliphatic carbocycles. The van der Waals surface area contributed by atoms with E-state index < -0.39 is 0 Å². The number of methoxy groups -OCH3 is 1. The van der Waals surface area contributed by atoms with E-state index in [1.807, 2.05) is 36.5 Å². The number of aliphatic hydroxyl groups excluding tert-OH is 1. The number of fused-ring (bicyclic) bond motifs is 4. The summed E-state index contributed by atoms with van der Waals surface area (Å²) >= 11 is 0. The Hall–Kier alpha value is -3.10. The number of piperidine rings is 1. The van der Waals surface area contributed by atoms with Gasteiger partial charge in [-0.15, -0.1) is 0 Å². The molecule has 4 heterocycles. The molecule has 192 valence electrons. The topological polar surface area (TPSA) is 82.9 Å².